The van der Waals surface area contributed by atoms with Gasteiger partial charge in [0.15, 0.2) is 5.13 Å². The number of anilines is 1. The molecule has 1 aromatic carbocycles. The molecule has 4 nitrogen and oxygen atoms in total. The van der Waals surface area contributed by atoms with Gasteiger partial charge in [0.2, 0.25) is 0 Å². The van der Waals surface area contributed by atoms with Crippen LogP contribution in [0, 0.1) is 26.6 Å². The molecule has 2 aromatic rings. The minimum Gasteiger partial charge on any atom is -0.255 e. The second-order valence-electron chi connectivity index (χ2n) is 4.18. The topological polar surface area (TPSA) is 59.1 Å². The summed E-state index contributed by atoms with van der Waals surface area (Å²) in [6.07, 6.45) is 0. The van der Waals surface area contributed by atoms with Crippen molar-refractivity contribution in [3.05, 3.63) is 40.2 Å². The van der Waals surface area contributed by atoms with Crippen LogP contribution >= 0.6 is 11.3 Å². The highest BCUT2D eigenvalue weighted by molar-refractivity contribution is 7.93. The average molecular weight is 300 g/mol. The van der Waals surface area contributed by atoms with Gasteiger partial charge in [0.05, 0.1) is 10.6 Å². The summed E-state index contributed by atoms with van der Waals surface area (Å²) in [4.78, 5) is 5.13. The van der Waals surface area contributed by atoms with E-state index in [4.69, 9.17) is 0 Å². The second kappa shape index (κ2) is 4.90. The van der Waals surface area contributed by atoms with Crippen molar-refractivity contribution in [3.8, 4) is 0 Å². The fourth-order valence-electron chi connectivity index (χ4n) is 1.60. The van der Waals surface area contributed by atoms with Gasteiger partial charge in [-0.05, 0) is 44.5 Å². The Labute approximate surface area is 115 Å². The molecule has 0 radical (unpaired) electrons. The highest BCUT2D eigenvalue weighted by Gasteiger charge is 2.19. The van der Waals surface area contributed by atoms with Gasteiger partial charge in [0, 0.05) is 4.88 Å². The summed E-state index contributed by atoms with van der Waals surface area (Å²) < 4.78 is 39.8. The summed E-state index contributed by atoms with van der Waals surface area (Å²) in [5.74, 6) is -0.461. The van der Waals surface area contributed by atoms with Crippen molar-refractivity contribution in [2.45, 2.75) is 25.7 Å². The Kier molecular flexibility index (Phi) is 3.60. The van der Waals surface area contributed by atoms with E-state index in [1.165, 1.54) is 23.5 Å². The van der Waals surface area contributed by atoms with Crippen LogP contribution in [0.5, 0.6) is 0 Å². The van der Waals surface area contributed by atoms with E-state index in [0.717, 1.165) is 16.6 Å². The third-order valence-electron chi connectivity index (χ3n) is 2.68. The predicted octanol–water partition coefficient (Wildman–Crippen LogP) is 3.01. The van der Waals surface area contributed by atoms with Gasteiger partial charge in [0.1, 0.15) is 5.82 Å². The highest BCUT2D eigenvalue weighted by atomic mass is 32.2. The zero-order chi connectivity index (χ0) is 14.2. The molecular formula is C12H13FN2O2S2. The van der Waals surface area contributed by atoms with Crippen LogP contribution in [0.3, 0.4) is 0 Å². The summed E-state index contributed by atoms with van der Waals surface area (Å²) in [6.45, 7) is 5.23. The first-order valence-corrected chi connectivity index (χ1v) is 7.82. The molecule has 0 spiro atoms. The first kappa shape index (κ1) is 14.0. The van der Waals surface area contributed by atoms with Crippen LogP contribution in [0.25, 0.3) is 0 Å². The lowest BCUT2D eigenvalue weighted by atomic mass is 10.2. The lowest BCUT2D eigenvalue weighted by Gasteiger charge is -2.07. The van der Waals surface area contributed by atoms with E-state index in [1.807, 2.05) is 13.8 Å². The first-order valence-electron chi connectivity index (χ1n) is 5.52. The predicted molar refractivity (Wildman–Crippen MR) is 73.5 cm³/mol. The zero-order valence-corrected chi connectivity index (χ0v) is 12.3. The number of sulfonamides is 1. The molecule has 0 aliphatic rings. The molecule has 1 N–H and O–H groups in total. The highest BCUT2D eigenvalue weighted by Crippen LogP contribution is 2.25. The molecule has 2 rings (SSSR count). The first-order chi connectivity index (χ1) is 8.79. The Hall–Kier alpha value is -1.47. The Bertz CT molecular complexity index is 704. The maximum Gasteiger partial charge on any atom is 0.263 e. The number of thiazole rings is 1. The van der Waals surface area contributed by atoms with Crippen LogP contribution in [0.2, 0.25) is 0 Å². The van der Waals surface area contributed by atoms with E-state index in [9.17, 15) is 12.8 Å². The molecule has 1 aromatic heterocycles. The molecule has 0 aliphatic carbocycles. The summed E-state index contributed by atoms with van der Waals surface area (Å²) in [7, 11) is -3.73. The van der Waals surface area contributed by atoms with Crippen LogP contribution in [0.4, 0.5) is 9.52 Å². The van der Waals surface area contributed by atoms with Gasteiger partial charge in [-0.25, -0.2) is 17.8 Å². The van der Waals surface area contributed by atoms with E-state index in [0.29, 0.717) is 10.7 Å². The normalized spacial score (nSPS) is 11.6. The smallest absolute Gasteiger partial charge is 0.255 e. The van der Waals surface area contributed by atoms with E-state index in [1.54, 1.807) is 6.92 Å². The number of aromatic nitrogens is 1. The van der Waals surface area contributed by atoms with E-state index >= 15 is 0 Å². The molecule has 7 heteroatoms. The van der Waals surface area contributed by atoms with Gasteiger partial charge in [-0.3, -0.25) is 4.72 Å². The van der Waals surface area contributed by atoms with Crippen LogP contribution in [-0.4, -0.2) is 13.4 Å². The monoisotopic (exact) mass is 300 g/mol. The van der Waals surface area contributed by atoms with Crippen LogP contribution in [0.1, 0.15) is 16.1 Å². The molecule has 0 saturated heterocycles. The Morgan fingerprint density at radius 3 is 2.47 bits per heavy atom. The number of halogens is 1. The maximum atomic E-state index is 13.0. The van der Waals surface area contributed by atoms with Crippen LogP contribution in [0.15, 0.2) is 23.1 Å². The van der Waals surface area contributed by atoms with Gasteiger partial charge in [0.25, 0.3) is 10.0 Å². The zero-order valence-electron chi connectivity index (χ0n) is 10.7. The summed E-state index contributed by atoms with van der Waals surface area (Å²) in [6, 6.07) is 3.56. The van der Waals surface area contributed by atoms with Crippen molar-refractivity contribution in [3.63, 3.8) is 0 Å². The average Bonchev–Trinajstić information content (AvgIpc) is 2.56. The number of benzene rings is 1. The van der Waals surface area contributed by atoms with Crippen molar-refractivity contribution in [1.82, 2.24) is 4.98 Å². The largest absolute Gasteiger partial charge is 0.263 e. The number of rotatable bonds is 3. The standard InChI is InChI=1S/C12H13FN2O2S2/c1-7-6-10(13)4-5-11(7)19(16,17)15-12-14-8(2)9(3)18-12/h4-6H,1-3H3,(H,14,15). The number of nitrogens with one attached hydrogen (secondary N) is 1. The molecule has 0 bridgehead atoms. The number of aryl methyl sites for hydroxylation is 3. The fraction of sp³-hybridized carbons (Fsp3) is 0.250. The third kappa shape index (κ3) is 2.93. The fourth-order valence-corrected chi connectivity index (χ4v) is 3.88. The molecule has 0 aliphatic heterocycles. The van der Waals surface area contributed by atoms with Gasteiger partial charge >= 0.3 is 0 Å². The molecule has 0 fully saturated rings. The maximum absolute atomic E-state index is 13.0. The molecule has 0 atom stereocenters. The molecule has 0 amide bonds. The van der Waals surface area contributed by atoms with Crippen LogP contribution < -0.4 is 4.72 Å². The Morgan fingerprint density at radius 2 is 1.95 bits per heavy atom. The van der Waals surface area contributed by atoms with Crippen LogP contribution in [-0.2, 0) is 10.0 Å². The number of hydrogen-bond donors (Lipinski definition) is 1. The third-order valence-corrected chi connectivity index (χ3v) is 5.29. The molecule has 102 valence electrons. The quantitative estimate of drug-likeness (QED) is 0.948. The molecular weight excluding hydrogens is 287 g/mol. The van der Waals surface area contributed by atoms with E-state index in [-0.39, 0.29) is 4.90 Å². The molecule has 19 heavy (non-hydrogen) atoms. The minimum absolute atomic E-state index is 0.0550. The van der Waals surface area contributed by atoms with Gasteiger partial charge < -0.3 is 0 Å². The summed E-state index contributed by atoms with van der Waals surface area (Å²) >= 11 is 1.27. The second-order valence-corrected chi connectivity index (χ2v) is 7.03. The number of hydrogen-bond acceptors (Lipinski definition) is 4. The van der Waals surface area contributed by atoms with Crippen molar-refractivity contribution in [2.24, 2.45) is 0 Å². The van der Waals surface area contributed by atoms with Crippen molar-refractivity contribution >= 4 is 26.5 Å². The van der Waals surface area contributed by atoms with E-state index in [2.05, 4.69) is 9.71 Å². The Morgan fingerprint density at radius 1 is 1.26 bits per heavy atom. The molecule has 0 saturated carbocycles. The Balaban J connectivity index is 2.37. The van der Waals surface area contributed by atoms with Crippen molar-refractivity contribution < 1.29 is 12.8 Å². The van der Waals surface area contributed by atoms with Gasteiger partial charge in [-0.2, -0.15) is 0 Å². The van der Waals surface area contributed by atoms with Gasteiger partial charge in [-0.1, -0.05) is 0 Å². The number of nitrogens with zero attached hydrogens (tertiary/aromatic N) is 1. The van der Waals surface area contributed by atoms with Crippen molar-refractivity contribution in [1.29, 1.82) is 0 Å². The summed E-state index contributed by atoms with van der Waals surface area (Å²) in [5, 5.41) is 0.318. The SMILES string of the molecule is Cc1cc(F)ccc1S(=O)(=O)Nc1nc(C)c(C)s1. The lowest BCUT2D eigenvalue weighted by molar-refractivity contribution is 0.598. The molecule has 1 heterocycles. The summed E-state index contributed by atoms with van der Waals surface area (Å²) in [5.41, 5.74) is 1.15. The molecule has 0 unspecified atom stereocenters. The lowest BCUT2D eigenvalue weighted by Crippen LogP contribution is -2.14. The van der Waals surface area contributed by atoms with Gasteiger partial charge in [-0.15, -0.1) is 11.3 Å². The van der Waals surface area contributed by atoms with Crippen molar-refractivity contribution in [2.75, 3.05) is 4.72 Å². The minimum atomic E-state index is -3.73. The van der Waals surface area contributed by atoms with E-state index < -0.39 is 15.8 Å².